The summed E-state index contributed by atoms with van der Waals surface area (Å²) in [4.78, 5) is 13.9. The number of urea groups is 1. The predicted octanol–water partition coefficient (Wildman–Crippen LogP) is 2.56. The van der Waals surface area contributed by atoms with E-state index in [-0.39, 0.29) is 23.7 Å². The van der Waals surface area contributed by atoms with E-state index in [0.717, 1.165) is 0 Å². The number of aryl methyl sites for hydroxylation is 1. The Morgan fingerprint density at radius 3 is 2.48 bits per heavy atom. The van der Waals surface area contributed by atoms with E-state index < -0.39 is 9.84 Å². The van der Waals surface area contributed by atoms with E-state index in [1.807, 2.05) is 32.0 Å². The van der Waals surface area contributed by atoms with Crippen molar-refractivity contribution in [3.8, 4) is 0 Å². The summed E-state index contributed by atoms with van der Waals surface area (Å²) in [7, 11) is -3.11. The first-order valence-corrected chi connectivity index (χ1v) is 9.98. The zero-order chi connectivity index (χ0) is 17.6. The molecule has 0 saturated heterocycles. The summed E-state index contributed by atoms with van der Waals surface area (Å²) >= 11 is 0. The second-order valence-corrected chi connectivity index (χ2v) is 8.41. The maximum absolute atomic E-state index is 12.3. The van der Waals surface area contributed by atoms with E-state index in [2.05, 4.69) is 18.3 Å². The molecule has 0 bridgehead atoms. The van der Waals surface area contributed by atoms with Gasteiger partial charge in [0.25, 0.3) is 0 Å². The maximum atomic E-state index is 12.3. The molecule has 1 rings (SSSR count). The van der Waals surface area contributed by atoms with Crippen LogP contribution in [0.25, 0.3) is 0 Å². The minimum Gasteiger partial charge on any atom is -0.337 e. The third-order valence-electron chi connectivity index (χ3n) is 3.85. The van der Waals surface area contributed by atoms with Crippen LogP contribution < -0.4 is 5.32 Å². The Bertz CT molecular complexity index is 628. The molecule has 0 spiro atoms. The highest BCUT2D eigenvalue weighted by Crippen LogP contribution is 2.15. The van der Waals surface area contributed by atoms with Crippen molar-refractivity contribution in [2.24, 2.45) is 0 Å². The number of hydrogen-bond acceptors (Lipinski definition) is 3. The van der Waals surface area contributed by atoms with Gasteiger partial charge >= 0.3 is 6.03 Å². The average molecular weight is 340 g/mol. The first-order chi connectivity index (χ1) is 10.6. The van der Waals surface area contributed by atoms with Gasteiger partial charge in [0.15, 0.2) is 0 Å². The van der Waals surface area contributed by atoms with Crippen LogP contribution in [0.4, 0.5) is 4.79 Å². The molecule has 0 aliphatic rings. The van der Waals surface area contributed by atoms with Gasteiger partial charge in [-0.05, 0) is 32.3 Å². The van der Waals surface area contributed by atoms with Crippen molar-refractivity contribution >= 4 is 15.9 Å². The molecule has 1 aromatic carbocycles. The molecule has 1 aromatic rings. The number of nitrogens with one attached hydrogen (secondary N) is 1. The number of carbonyl (C=O) groups excluding carboxylic acids is 1. The van der Waals surface area contributed by atoms with E-state index >= 15 is 0 Å². The van der Waals surface area contributed by atoms with Crippen LogP contribution in [-0.2, 0) is 9.84 Å². The number of sulfone groups is 1. The Kier molecular flexibility index (Phi) is 7.06. The lowest BCUT2D eigenvalue weighted by molar-refractivity contribution is 0.187. The van der Waals surface area contributed by atoms with Crippen molar-refractivity contribution in [1.82, 2.24) is 10.2 Å². The second-order valence-electron chi connectivity index (χ2n) is 6.23. The molecule has 6 heteroatoms. The van der Waals surface area contributed by atoms with Gasteiger partial charge in [0.05, 0.1) is 5.75 Å². The second kappa shape index (κ2) is 8.34. The highest BCUT2D eigenvalue weighted by Gasteiger charge is 2.22. The molecule has 0 aromatic heterocycles. The molecular weight excluding hydrogens is 312 g/mol. The molecular formula is C17H28N2O3S. The fraction of sp³-hybridized carbons (Fsp3) is 0.588. The van der Waals surface area contributed by atoms with Gasteiger partial charge in [0.1, 0.15) is 9.84 Å². The summed E-state index contributed by atoms with van der Waals surface area (Å²) in [5.41, 5.74) is 2.37. The quantitative estimate of drug-likeness (QED) is 0.829. The SMILES string of the molecule is CCN(C(=O)NC[C@@H](C)c1cccc(C)c1)[C@@H](C)CS(C)(=O)=O. The lowest BCUT2D eigenvalue weighted by Gasteiger charge is -2.28. The fourth-order valence-electron chi connectivity index (χ4n) is 2.62. The standard InChI is InChI=1S/C17H28N2O3S/c1-6-19(15(4)12-23(5,21)22)17(20)18-11-14(3)16-9-7-8-13(2)10-16/h7-10,14-15H,6,11-12H2,1-5H3,(H,18,20)/t14-,15+/m1/s1. The van der Waals surface area contributed by atoms with E-state index in [9.17, 15) is 13.2 Å². The molecule has 1 N–H and O–H groups in total. The van der Waals surface area contributed by atoms with E-state index in [1.54, 1.807) is 11.8 Å². The van der Waals surface area contributed by atoms with Gasteiger partial charge in [-0.3, -0.25) is 0 Å². The smallest absolute Gasteiger partial charge is 0.317 e. The van der Waals surface area contributed by atoms with Gasteiger partial charge in [-0.15, -0.1) is 0 Å². The molecule has 0 saturated carbocycles. The van der Waals surface area contributed by atoms with Crippen molar-refractivity contribution in [2.45, 2.75) is 39.7 Å². The molecule has 2 atom stereocenters. The highest BCUT2D eigenvalue weighted by atomic mass is 32.2. The summed E-state index contributed by atoms with van der Waals surface area (Å²) in [6.07, 6.45) is 1.19. The van der Waals surface area contributed by atoms with E-state index in [0.29, 0.717) is 13.1 Å². The first-order valence-electron chi connectivity index (χ1n) is 7.92. The Morgan fingerprint density at radius 2 is 1.96 bits per heavy atom. The van der Waals surface area contributed by atoms with Crippen LogP contribution >= 0.6 is 0 Å². The van der Waals surface area contributed by atoms with Crippen LogP contribution in [0.15, 0.2) is 24.3 Å². The number of amides is 2. The van der Waals surface area contributed by atoms with Gasteiger partial charge in [0, 0.05) is 25.4 Å². The summed E-state index contributed by atoms with van der Waals surface area (Å²) in [5, 5.41) is 2.91. The molecule has 0 aliphatic heterocycles. The van der Waals surface area contributed by atoms with Crippen molar-refractivity contribution in [3.05, 3.63) is 35.4 Å². The highest BCUT2D eigenvalue weighted by molar-refractivity contribution is 7.90. The number of hydrogen-bond donors (Lipinski definition) is 1. The van der Waals surface area contributed by atoms with Gasteiger partial charge in [-0.1, -0.05) is 36.8 Å². The van der Waals surface area contributed by atoms with E-state index in [1.165, 1.54) is 17.4 Å². The molecule has 0 fully saturated rings. The molecule has 2 amide bonds. The van der Waals surface area contributed by atoms with Gasteiger partial charge < -0.3 is 10.2 Å². The lowest BCUT2D eigenvalue weighted by atomic mass is 9.99. The zero-order valence-corrected chi connectivity index (χ0v) is 15.5. The Balaban J connectivity index is 2.63. The summed E-state index contributed by atoms with van der Waals surface area (Å²) in [6, 6.07) is 7.65. The van der Waals surface area contributed by atoms with E-state index in [4.69, 9.17) is 0 Å². The molecule has 0 heterocycles. The molecule has 0 radical (unpaired) electrons. The predicted molar refractivity (Wildman–Crippen MR) is 94.5 cm³/mol. The average Bonchev–Trinajstić information content (AvgIpc) is 2.43. The van der Waals surface area contributed by atoms with Crippen molar-refractivity contribution in [2.75, 3.05) is 25.1 Å². The van der Waals surface area contributed by atoms with Gasteiger partial charge in [0.2, 0.25) is 0 Å². The first kappa shape index (κ1) is 19.5. The minimum atomic E-state index is -3.11. The van der Waals surface area contributed by atoms with Crippen LogP contribution in [-0.4, -0.2) is 50.5 Å². The summed E-state index contributed by atoms with van der Waals surface area (Å²) < 4.78 is 22.8. The van der Waals surface area contributed by atoms with Crippen molar-refractivity contribution < 1.29 is 13.2 Å². The molecule has 0 aliphatic carbocycles. The van der Waals surface area contributed by atoms with Crippen LogP contribution in [0.1, 0.15) is 37.8 Å². The topological polar surface area (TPSA) is 66.5 Å². The Hall–Kier alpha value is -1.56. The third-order valence-corrected chi connectivity index (χ3v) is 4.94. The Labute approximate surface area is 140 Å². The van der Waals surface area contributed by atoms with Gasteiger partial charge in [-0.2, -0.15) is 0 Å². The van der Waals surface area contributed by atoms with Crippen LogP contribution in [0.2, 0.25) is 0 Å². The normalized spacial score (nSPS) is 14.1. The monoisotopic (exact) mass is 340 g/mol. The minimum absolute atomic E-state index is 0.0261. The van der Waals surface area contributed by atoms with Crippen LogP contribution in [0.5, 0.6) is 0 Å². The van der Waals surface area contributed by atoms with Crippen molar-refractivity contribution in [3.63, 3.8) is 0 Å². The summed E-state index contributed by atoms with van der Waals surface area (Å²) in [5.74, 6) is 0.171. The largest absolute Gasteiger partial charge is 0.337 e. The molecule has 0 unspecified atom stereocenters. The number of nitrogens with zero attached hydrogens (tertiary/aromatic N) is 1. The molecule has 130 valence electrons. The third kappa shape index (κ3) is 6.60. The van der Waals surface area contributed by atoms with Crippen LogP contribution in [0, 0.1) is 6.92 Å². The van der Waals surface area contributed by atoms with Gasteiger partial charge in [-0.25, -0.2) is 13.2 Å². The lowest BCUT2D eigenvalue weighted by Crippen LogP contribution is -2.48. The zero-order valence-electron chi connectivity index (χ0n) is 14.7. The Morgan fingerprint density at radius 1 is 1.30 bits per heavy atom. The number of carbonyl (C=O) groups is 1. The molecule has 23 heavy (non-hydrogen) atoms. The molecule has 5 nitrogen and oxygen atoms in total. The summed E-state index contributed by atoms with van der Waals surface area (Å²) in [6.45, 7) is 8.70. The maximum Gasteiger partial charge on any atom is 0.317 e. The number of benzene rings is 1. The fourth-order valence-corrected chi connectivity index (χ4v) is 3.68. The van der Waals surface area contributed by atoms with Crippen LogP contribution in [0.3, 0.4) is 0 Å². The number of rotatable bonds is 7. The van der Waals surface area contributed by atoms with Crippen molar-refractivity contribution in [1.29, 1.82) is 0 Å².